The van der Waals surface area contributed by atoms with E-state index in [1.54, 1.807) is 0 Å². The van der Waals surface area contributed by atoms with Crippen LogP contribution in [0.4, 0.5) is 0 Å². The lowest BCUT2D eigenvalue weighted by atomic mass is 9.83. The maximum atomic E-state index is 12.6. The van der Waals surface area contributed by atoms with Gasteiger partial charge in [-0.3, -0.25) is 4.79 Å². The van der Waals surface area contributed by atoms with Crippen molar-refractivity contribution in [1.29, 1.82) is 0 Å². The lowest BCUT2D eigenvalue weighted by molar-refractivity contribution is -0.178. The highest BCUT2D eigenvalue weighted by molar-refractivity contribution is 7.88. The Morgan fingerprint density at radius 1 is 1.32 bits per heavy atom. The fraction of sp³-hybridized carbons (Fsp3) is 0.611. The van der Waals surface area contributed by atoms with Gasteiger partial charge in [-0.1, -0.05) is 31.5 Å². The van der Waals surface area contributed by atoms with Crippen LogP contribution in [0, 0.1) is 6.92 Å². The summed E-state index contributed by atoms with van der Waals surface area (Å²) >= 11 is 0. The van der Waals surface area contributed by atoms with Gasteiger partial charge >= 0.3 is 5.97 Å². The highest BCUT2D eigenvalue weighted by atomic mass is 32.2. The third-order valence-electron chi connectivity index (χ3n) is 4.82. The SMILES string of the molecule is CCC1(CC)CC(N(OC(C)=O)S(=O)(=O)CC)c2cc(C)ccc2O1. The van der Waals surface area contributed by atoms with E-state index >= 15 is 0 Å². The van der Waals surface area contributed by atoms with E-state index < -0.39 is 27.6 Å². The molecule has 25 heavy (non-hydrogen) atoms. The molecule has 0 saturated carbocycles. The van der Waals surface area contributed by atoms with Crippen LogP contribution in [0.1, 0.15) is 64.1 Å². The molecular weight excluding hydrogens is 342 g/mol. The highest BCUT2D eigenvalue weighted by Gasteiger charge is 2.45. The molecule has 0 aromatic heterocycles. The van der Waals surface area contributed by atoms with Crippen LogP contribution >= 0.6 is 0 Å². The predicted octanol–water partition coefficient (Wildman–Crippen LogP) is 3.51. The molecule has 0 aliphatic carbocycles. The molecule has 2 rings (SSSR count). The molecule has 1 atom stereocenters. The number of carbonyl (C=O) groups excluding carboxylic acids is 1. The van der Waals surface area contributed by atoms with Gasteiger partial charge in [-0.2, -0.15) is 0 Å². The van der Waals surface area contributed by atoms with Crippen molar-refractivity contribution in [2.24, 2.45) is 0 Å². The van der Waals surface area contributed by atoms with Crippen LogP contribution in [0.25, 0.3) is 0 Å². The van der Waals surface area contributed by atoms with E-state index in [1.165, 1.54) is 13.8 Å². The second-order valence-electron chi connectivity index (χ2n) is 6.49. The molecule has 0 fully saturated rings. The molecule has 7 heteroatoms. The third kappa shape index (κ3) is 3.98. The Morgan fingerprint density at radius 3 is 2.48 bits per heavy atom. The van der Waals surface area contributed by atoms with Gasteiger partial charge in [0.05, 0.1) is 11.8 Å². The third-order valence-corrected chi connectivity index (χ3v) is 6.42. The number of ether oxygens (including phenoxy) is 1. The lowest BCUT2D eigenvalue weighted by Gasteiger charge is -2.43. The molecule has 1 aromatic rings. The summed E-state index contributed by atoms with van der Waals surface area (Å²) in [4.78, 5) is 16.8. The fourth-order valence-corrected chi connectivity index (χ4v) is 4.25. The average Bonchev–Trinajstić information content (AvgIpc) is 2.58. The number of benzene rings is 1. The molecule has 1 aliphatic heterocycles. The minimum absolute atomic E-state index is 0.149. The Morgan fingerprint density at radius 2 is 1.96 bits per heavy atom. The van der Waals surface area contributed by atoms with E-state index in [9.17, 15) is 13.2 Å². The van der Waals surface area contributed by atoms with E-state index in [4.69, 9.17) is 9.57 Å². The molecule has 0 amide bonds. The largest absolute Gasteiger partial charge is 0.487 e. The van der Waals surface area contributed by atoms with Crippen molar-refractivity contribution in [3.05, 3.63) is 29.3 Å². The van der Waals surface area contributed by atoms with Crippen molar-refractivity contribution in [3.63, 3.8) is 0 Å². The molecule has 1 unspecified atom stereocenters. The smallest absolute Gasteiger partial charge is 0.323 e. The minimum Gasteiger partial charge on any atom is -0.487 e. The molecule has 1 aliphatic rings. The molecule has 0 radical (unpaired) electrons. The number of carbonyl (C=O) groups is 1. The molecule has 140 valence electrons. The molecule has 0 N–H and O–H groups in total. The quantitative estimate of drug-likeness (QED) is 0.718. The molecular formula is C18H27NO5S. The summed E-state index contributed by atoms with van der Waals surface area (Å²) in [6.07, 6.45) is 1.89. The van der Waals surface area contributed by atoms with E-state index in [0.29, 0.717) is 12.2 Å². The first-order chi connectivity index (χ1) is 11.7. The second-order valence-corrected chi connectivity index (χ2v) is 8.59. The maximum absolute atomic E-state index is 12.6. The van der Waals surface area contributed by atoms with Gasteiger partial charge in [0.15, 0.2) is 0 Å². The summed E-state index contributed by atoms with van der Waals surface area (Å²) in [5.74, 6) is -0.158. The van der Waals surface area contributed by atoms with Gasteiger partial charge < -0.3 is 9.57 Å². The molecule has 1 heterocycles. The first-order valence-electron chi connectivity index (χ1n) is 8.68. The number of rotatable bonds is 6. The Bertz CT molecular complexity index is 740. The first kappa shape index (κ1) is 19.7. The number of nitrogens with zero attached hydrogens (tertiary/aromatic N) is 1. The Labute approximate surface area is 150 Å². The number of hydrogen-bond acceptors (Lipinski definition) is 5. The Kier molecular flexibility index (Phi) is 5.79. The number of aryl methyl sites for hydroxylation is 1. The zero-order valence-electron chi connectivity index (χ0n) is 15.5. The number of sulfonamides is 1. The van der Waals surface area contributed by atoms with Gasteiger partial charge in [0.25, 0.3) is 0 Å². The van der Waals surface area contributed by atoms with Crippen LogP contribution in [0.5, 0.6) is 5.75 Å². The van der Waals surface area contributed by atoms with E-state index in [1.807, 2.05) is 39.0 Å². The van der Waals surface area contributed by atoms with Gasteiger partial charge in [0, 0.05) is 18.9 Å². The fourth-order valence-electron chi connectivity index (χ4n) is 3.20. The zero-order chi connectivity index (χ0) is 18.8. The standard InChI is InChI=1S/C18H27NO5S/c1-6-18(7-2)12-16(15-11-13(4)9-10-17(15)23-18)19(24-14(5)20)25(21,22)8-3/h9-11,16H,6-8,12H2,1-5H3. The minimum atomic E-state index is -3.74. The normalized spacial score (nSPS) is 19.2. The van der Waals surface area contributed by atoms with Crippen molar-refractivity contribution in [3.8, 4) is 5.75 Å². The first-order valence-corrected chi connectivity index (χ1v) is 10.3. The van der Waals surface area contributed by atoms with Crippen LogP contribution in [-0.4, -0.2) is 30.2 Å². The second kappa shape index (κ2) is 7.33. The van der Waals surface area contributed by atoms with Crippen molar-refractivity contribution >= 4 is 16.0 Å². The van der Waals surface area contributed by atoms with Crippen LogP contribution in [0.3, 0.4) is 0 Å². The van der Waals surface area contributed by atoms with Crippen LogP contribution < -0.4 is 4.74 Å². The average molecular weight is 369 g/mol. The number of hydroxylamine groups is 1. The summed E-state index contributed by atoms with van der Waals surface area (Å²) in [5, 5.41) is 0. The van der Waals surface area contributed by atoms with Gasteiger partial charge in [0.2, 0.25) is 10.0 Å². The van der Waals surface area contributed by atoms with Gasteiger partial charge in [-0.05, 0) is 37.2 Å². The summed E-state index contributed by atoms with van der Waals surface area (Å²) < 4.78 is 32.4. The van der Waals surface area contributed by atoms with Crippen LogP contribution in [-0.2, 0) is 19.7 Å². The predicted molar refractivity (Wildman–Crippen MR) is 95.5 cm³/mol. The molecule has 0 saturated heterocycles. The van der Waals surface area contributed by atoms with E-state index in [2.05, 4.69) is 0 Å². The van der Waals surface area contributed by atoms with Gasteiger partial charge in [0.1, 0.15) is 11.4 Å². The summed E-state index contributed by atoms with van der Waals surface area (Å²) in [5.41, 5.74) is 1.23. The Hall–Kier alpha value is -1.60. The van der Waals surface area contributed by atoms with Crippen LogP contribution in [0.15, 0.2) is 18.2 Å². The van der Waals surface area contributed by atoms with Gasteiger partial charge in [-0.25, -0.2) is 8.42 Å². The van der Waals surface area contributed by atoms with Crippen molar-refractivity contribution < 1.29 is 22.8 Å². The molecule has 6 nitrogen and oxygen atoms in total. The highest BCUT2D eigenvalue weighted by Crippen LogP contribution is 2.46. The zero-order valence-corrected chi connectivity index (χ0v) is 16.4. The summed E-state index contributed by atoms with van der Waals surface area (Å²) in [7, 11) is -3.74. The van der Waals surface area contributed by atoms with Crippen molar-refractivity contribution in [2.45, 2.75) is 65.5 Å². The van der Waals surface area contributed by atoms with Gasteiger partial charge in [-0.15, -0.1) is 0 Å². The lowest BCUT2D eigenvalue weighted by Crippen LogP contribution is -2.47. The molecule has 1 aromatic carbocycles. The van der Waals surface area contributed by atoms with E-state index in [-0.39, 0.29) is 5.75 Å². The number of fused-ring (bicyclic) bond motifs is 1. The Balaban J connectivity index is 2.62. The van der Waals surface area contributed by atoms with Crippen LogP contribution in [0.2, 0.25) is 0 Å². The monoisotopic (exact) mass is 369 g/mol. The molecule has 0 spiro atoms. The maximum Gasteiger partial charge on any atom is 0.323 e. The topological polar surface area (TPSA) is 72.9 Å². The van der Waals surface area contributed by atoms with Crippen molar-refractivity contribution in [2.75, 3.05) is 5.75 Å². The molecule has 0 bridgehead atoms. The van der Waals surface area contributed by atoms with Crippen molar-refractivity contribution in [1.82, 2.24) is 4.47 Å². The van der Waals surface area contributed by atoms with E-state index in [0.717, 1.165) is 28.4 Å². The summed E-state index contributed by atoms with van der Waals surface area (Å²) in [6.45, 7) is 8.72. The summed E-state index contributed by atoms with van der Waals surface area (Å²) in [6, 6.07) is 5.09. The number of hydrogen-bond donors (Lipinski definition) is 0.